The molecule has 0 amide bonds. The van der Waals surface area contributed by atoms with Crippen LogP contribution in [0.5, 0.6) is 0 Å². The molecular weight excluding hydrogens is 210 g/mol. The van der Waals surface area contributed by atoms with E-state index in [0.29, 0.717) is 11.7 Å². The van der Waals surface area contributed by atoms with E-state index in [2.05, 4.69) is 45.7 Å². The van der Waals surface area contributed by atoms with Crippen molar-refractivity contribution >= 4 is 5.78 Å². The molecule has 2 bridgehead atoms. The number of fused-ring (bicyclic) bond motifs is 2. The van der Waals surface area contributed by atoms with Crippen molar-refractivity contribution in [1.29, 1.82) is 0 Å². The van der Waals surface area contributed by atoms with Crippen LogP contribution in [0, 0.1) is 16.7 Å². The fourth-order valence-corrected chi connectivity index (χ4v) is 3.68. The van der Waals surface area contributed by atoms with Crippen LogP contribution in [-0.2, 0) is 4.79 Å². The molecule has 2 nitrogen and oxygen atoms in total. The average molecular weight is 235 g/mol. The summed E-state index contributed by atoms with van der Waals surface area (Å²) in [5.74, 6) is 0.881. The minimum Gasteiger partial charge on any atom is -0.378 e. The van der Waals surface area contributed by atoms with Crippen molar-refractivity contribution < 1.29 is 4.79 Å². The van der Waals surface area contributed by atoms with Crippen molar-refractivity contribution in [3.63, 3.8) is 0 Å². The van der Waals surface area contributed by atoms with Crippen molar-refractivity contribution in [2.45, 2.75) is 47.5 Å². The van der Waals surface area contributed by atoms with Crippen molar-refractivity contribution in [2.24, 2.45) is 16.7 Å². The molecule has 0 saturated heterocycles. The minimum absolute atomic E-state index is 0.114. The van der Waals surface area contributed by atoms with E-state index in [9.17, 15) is 4.79 Å². The van der Waals surface area contributed by atoms with Crippen LogP contribution in [-0.4, -0.2) is 23.8 Å². The Labute approximate surface area is 105 Å². The molecule has 2 saturated carbocycles. The second-order valence-corrected chi connectivity index (χ2v) is 6.28. The van der Waals surface area contributed by atoms with Crippen LogP contribution in [0.1, 0.15) is 47.5 Å². The lowest BCUT2D eigenvalue weighted by Crippen LogP contribution is -2.32. The zero-order valence-corrected chi connectivity index (χ0v) is 11.8. The lowest BCUT2D eigenvalue weighted by Gasteiger charge is -2.31. The SMILES string of the molecule is CCN(C=C1C(=O)[C@@]2(C)CC[C@@H]1C2(C)C)CC. The third kappa shape index (κ3) is 1.49. The van der Waals surface area contributed by atoms with E-state index in [-0.39, 0.29) is 10.8 Å². The van der Waals surface area contributed by atoms with E-state index >= 15 is 0 Å². The number of ketones is 1. The molecule has 2 atom stereocenters. The third-order valence-corrected chi connectivity index (χ3v) is 5.50. The van der Waals surface area contributed by atoms with Gasteiger partial charge in [0, 0.05) is 30.3 Å². The summed E-state index contributed by atoms with van der Waals surface area (Å²) in [6.07, 6.45) is 4.39. The van der Waals surface area contributed by atoms with E-state index in [0.717, 1.165) is 25.1 Å². The maximum Gasteiger partial charge on any atom is 0.167 e. The summed E-state index contributed by atoms with van der Waals surface area (Å²) in [5.41, 5.74) is 1.12. The molecule has 96 valence electrons. The molecule has 0 aromatic rings. The first-order chi connectivity index (χ1) is 7.88. The lowest BCUT2D eigenvalue weighted by atomic mass is 9.70. The van der Waals surface area contributed by atoms with Gasteiger partial charge in [-0.3, -0.25) is 4.79 Å². The van der Waals surface area contributed by atoms with E-state index < -0.39 is 0 Å². The Morgan fingerprint density at radius 2 is 1.88 bits per heavy atom. The van der Waals surface area contributed by atoms with E-state index in [1.54, 1.807) is 0 Å². The Balaban J connectivity index is 2.38. The number of hydrogen-bond acceptors (Lipinski definition) is 2. The largest absolute Gasteiger partial charge is 0.378 e. The van der Waals surface area contributed by atoms with Gasteiger partial charge in [-0.1, -0.05) is 20.8 Å². The Morgan fingerprint density at radius 3 is 2.29 bits per heavy atom. The molecule has 0 N–H and O–H groups in total. The highest BCUT2D eigenvalue weighted by molar-refractivity contribution is 6.04. The molecule has 0 aromatic carbocycles. The first-order valence-electron chi connectivity index (χ1n) is 6.89. The lowest BCUT2D eigenvalue weighted by molar-refractivity contribution is -0.125. The van der Waals surface area contributed by atoms with Crippen LogP contribution in [0.15, 0.2) is 11.8 Å². The number of carbonyl (C=O) groups is 1. The van der Waals surface area contributed by atoms with Crippen LogP contribution in [0.4, 0.5) is 0 Å². The molecule has 2 fully saturated rings. The molecule has 0 aliphatic heterocycles. The van der Waals surface area contributed by atoms with Crippen molar-refractivity contribution in [3.05, 3.63) is 11.8 Å². The van der Waals surface area contributed by atoms with Crippen molar-refractivity contribution in [2.75, 3.05) is 13.1 Å². The summed E-state index contributed by atoms with van der Waals surface area (Å²) in [4.78, 5) is 14.8. The van der Waals surface area contributed by atoms with Crippen LogP contribution in [0.3, 0.4) is 0 Å². The third-order valence-electron chi connectivity index (χ3n) is 5.50. The fourth-order valence-electron chi connectivity index (χ4n) is 3.68. The molecule has 2 aliphatic carbocycles. The molecule has 0 aromatic heterocycles. The fraction of sp³-hybridized carbons (Fsp3) is 0.800. The number of carbonyl (C=O) groups excluding carboxylic acids is 1. The summed E-state index contributed by atoms with van der Waals surface area (Å²) in [7, 11) is 0. The van der Waals surface area contributed by atoms with Crippen molar-refractivity contribution in [3.8, 4) is 0 Å². The number of allylic oxidation sites excluding steroid dienone is 1. The van der Waals surface area contributed by atoms with Gasteiger partial charge >= 0.3 is 0 Å². The Bertz CT molecular complexity index is 365. The number of rotatable bonds is 3. The Morgan fingerprint density at radius 1 is 1.29 bits per heavy atom. The van der Waals surface area contributed by atoms with E-state index in [4.69, 9.17) is 0 Å². The zero-order chi connectivity index (χ0) is 12.8. The topological polar surface area (TPSA) is 20.3 Å². The summed E-state index contributed by atoms with van der Waals surface area (Å²) in [5, 5.41) is 0. The van der Waals surface area contributed by atoms with Gasteiger partial charge in [0.2, 0.25) is 0 Å². The highest BCUT2D eigenvalue weighted by atomic mass is 16.1. The van der Waals surface area contributed by atoms with Gasteiger partial charge < -0.3 is 4.90 Å². The molecular formula is C15H25NO. The van der Waals surface area contributed by atoms with Gasteiger partial charge in [-0.05, 0) is 38.0 Å². The Hall–Kier alpha value is -0.790. The Kier molecular flexibility index (Phi) is 2.87. The van der Waals surface area contributed by atoms with Crippen LogP contribution < -0.4 is 0 Å². The predicted octanol–water partition coefficient (Wildman–Crippen LogP) is 3.24. The van der Waals surface area contributed by atoms with Crippen LogP contribution >= 0.6 is 0 Å². The molecule has 0 heterocycles. The second-order valence-electron chi connectivity index (χ2n) is 6.28. The molecule has 2 rings (SSSR count). The first-order valence-corrected chi connectivity index (χ1v) is 6.89. The van der Waals surface area contributed by atoms with Gasteiger partial charge in [-0.15, -0.1) is 0 Å². The summed E-state index contributed by atoms with van der Waals surface area (Å²) < 4.78 is 0. The monoisotopic (exact) mass is 235 g/mol. The quantitative estimate of drug-likeness (QED) is 0.700. The smallest absolute Gasteiger partial charge is 0.167 e. The van der Waals surface area contributed by atoms with Gasteiger partial charge in [0.25, 0.3) is 0 Å². The maximum absolute atomic E-state index is 12.6. The number of hydrogen-bond donors (Lipinski definition) is 0. The highest BCUT2D eigenvalue weighted by Crippen LogP contribution is 2.65. The van der Waals surface area contributed by atoms with Gasteiger partial charge in [0.05, 0.1) is 0 Å². The number of Topliss-reactive ketones (excluding diaryl/α,β-unsaturated/α-hetero) is 1. The minimum atomic E-state index is -0.114. The van der Waals surface area contributed by atoms with Gasteiger partial charge in [0.1, 0.15) is 0 Å². The normalized spacial score (nSPS) is 36.9. The maximum atomic E-state index is 12.6. The second kappa shape index (κ2) is 3.86. The van der Waals surface area contributed by atoms with E-state index in [1.807, 2.05) is 0 Å². The molecule has 0 unspecified atom stereocenters. The molecule has 2 aliphatic rings. The number of nitrogens with zero attached hydrogens (tertiary/aromatic N) is 1. The zero-order valence-electron chi connectivity index (χ0n) is 11.8. The summed E-state index contributed by atoms with van der Waals surface area (Å²) in [6, 6.07) is 0. The van der Waals surface area contributed by atoms with Crippen LogP contribution in [0.25, 0.3) is 0 Å². The summed E-state index contributed by atoms with van der Waals surface area (Å²) >= 11 is 0. The van der Waals surface area contributed by atoms with Gasteiger partial charge in [-0.25, -0.2) is 0 Å². The molecule has 0 spiro atoms. The highest BCUT2D eigenvalue weighted by Gasteiger charge is 2.64. The predicted molar refractivity (Wildman–Crippen MR) is 70.6 cm³/mol. The van der Waals surface area contributed by atoms with Crippen LogP contribution in [0.2, 0.25) is 0 Å². The van der Waals surface area contributed by atoms with Gasteiger partial charge in [0.15, 0.2) is 5.78 Å². The summed E-state index contributed by atoms with van der Waals surface area (Å²) in [6.45, 7) is 13.0. The molecule has 0 radical (unpaired) electrons. The standard InChI is InChI=1S/C15H25NO/c1-6-16(7-2)10-11-12-8-9-15(5,13(11)17)14(12,3)4/h10,12H,6-9H2,1-5H3/t12-,15+/m0/s1. The molecule has 17 heavy (non-hydrogen) atoms. The van der Waals surface area contributed by atoms with Gasteiger partial charge in [-0.2, -0.15) is 0 Å². The van der Waals surface area contributed by atoms with E-state index in [1.165, 1.54) is 6.42 Å². The first kappa shape index (κ1) is 12.7. The van der Waals surface area contributed by atoms with Crippen molar-refractivity contribution in [1.82, 2.24) is 4.90 Å². The average Bonchev–Trinajstić information content (AvgIpc) is 2.59. The molecule has 2 heteroatoms.